The molecule has 0 saturated carbocycles. The van der Waals surface area contributed by atoms with Crippen molar-refractivity contribution >= 4 is 60.3 Å². The predicted octanol–water partition coefficient (Wildman–Crippen LogP) is 5.06. The van der Waals surface area contributed by atoms with Crippen LogP contribution in [0.25, 0.3) is 0 Å². The zero-order valence-electron chi connectivity index (χ0n) is 24.4. The van der Waals surface area contributed by atoms with Crippen LogP contribution in [0.4, 0.5) is 22.7 Å². The number of nitrogens with one attached hydrogen (secondary N) is 2. The Balaban J connectivity index is 1.49. The quantitative estimate of drug-likeness (QED) is 0.239. The molecule has 45 heavy (non-hydrogen) atoms. The van der Waals surface area contributed by atoms with Gasteiger partial charge in [0.05, 0.1) is 53.0 Å². The van der Waals surface area contributed by atoms with E-state index in [1.165, 1.54) is 44.5 Å². The van der Waals surface area contributed by atoms with Crippen molar-refractivity contribution in [3.8, 4) is 5.75 Å². The first-order valence-corrected chi connectivity index (χ1v) is 17.1. The van der Waals surface area contributed by atoms with Gasteiger partial charge in [-0.2, -0.15) is 0 Å². The fraction of sp³-hybridized carbons (Fsp3) is 0.194. The summed E-state index contributed by atoms with van der Waals surface area (Å²) in [6.07, 6.45) is 0. The van der Waals surface area contributed by atoms with E-state index in [-0.39, 0.29) is 31.8 Å². The van der Waals surface area contributed by atoms with Crippen molar-refractivity contribution in [3.05, 3.63) is 102 Å². The predicted molar refractivity (Wildman–Crippen MR) is 175 cm³/mol. The number of hydrogen-bond donors (Lipinski definition) is 2. The monoisotopic (exact) mass is 670 g/mol. The van der Waals surface area contributed by atoms with Gasteiger partial charge in [-0.15, -0.1) is 0 Å². The molecule has 2 N–H and O–H groups in total. The van der Waals surface area contributed by atoms with Crippen LogP contribution in [0.5, 0.6) is 5.75 Å². The molecule has 1 fully saturated rings. The molecule has 11 nitrogen and oxygen atoms in total. The third kappa shape index (κ3) is 7.01. The summed E-state index contributed by atoms with van der Waals surface area (Å²) in [5, 5.41) is 2.74. The van der Waals surface area contributed by atoms with Crippen LogP contribution in [0.15, 0.2) is 101 Å². The van der Waals surface area contributed by atoms with Crippen LogP contribution in [0.2, 0.25) is 5.02 Å². The van der Waals surface area contributed by atoms with Gasteiger partial charge in [-0.25, -0.2) is 16.8 Å². The first kappa shape index (κ1) is 32.1. The molecule has 5 rings (SSSR count). The highest BCUT2D eigenvalue weighted by molar-refractivity contribution is 7.93. The second kappa shape index (κ2) is 13.4. The van der Waals surface area contributed by atoms with Crippen LogP contribution in [0, 0.1) is 0 Å². The summed E-state index contributed by atoms with van der Waals surface area (Å²) in [4.78, 5) is 15.2. The van der Waals surface area contributed by atoms with Crippen LogP contribution in [0.1, 0.15) is 10.4 Å². The average Bonchev–Trinajstić information content (AvgIpc) is 3.05. The third-order valence-corrected chi connectivity index (χ3v) is 10.8. The van der Waals surface area contributed by atoms with Gasteiger partial charge in [-0.1, -0.05) is 41.9 Å². The number of hydrogen-bond acceptors (Lipinski definition) is 8. The van der Waals surface area contributed by atoms with Crippen molar-refractivity contribution in [1.82, 2.24) is 0 Å². The van der Waals surface area contributed by atoms with Gasteiger partial charge >= 0.3 is 0 Å². The highest BCUT2D eigenvalue weighted by Crippen LogP contribution is 2.33. The fourth-order valence-corrected chi connectivity index (χ4v) is 7.55. The lowest BCUT2D eigenvalue weighted by atomic mass is 10.2. The molecule has 0 unspecified atom stereocenters. The van der Waals surface area contributed by atoms with Crippen molar-refractivity contribution < 1.29 is 31.1 Å². The van der Waals surface area contributed by atoms with Crippen molar-refractivity contribution in [2.45, 2.75) is 9.79 Å². The summed E-state index contributed by atoms with van der Waals surface area (Å²) in [6, 6.07) is 23.4. The zero-order chi connectivity index (χ0) is 32.2. The Kier molecular flexibility index (Phi) is 9.53. The SMILES string of the molecule is COc1ccccc1NS(=O)(=O)c1ccc(N2CCOCC2)c(NC(=O)c2ccc(Cl)c(S(=O)(=O)N(C)c3ccccc3)c2)c1. The van der Waals surface area contributed by atoms with Gasteiger partial charge in [0.25, 0.3) is 26.0 Å². The Bertz CT molecular complexity index is 1920. The number of morpholine rings is 1. The molecule has 1 heterocycles. The van der Waals surface area contributed by atoms with E-state index in [2.05, 4.69) is 10.0 Å². The highest BCUT2D eigenvalue weighted by Gasteiger charge is 2.27. The second-order valence-electron chi connectivity index (χ2n) is 9.99. The number of amides is 1. The standard InChI is InChI=1S/C31H31ClN4O7S2/c1-35(23-8-4-3-5-9-23)45(40,41)30-20-22(12-14-25(30)32)31(37)33-27-21-24(13-15-28(27)36-16-18-43-19-17-36)44(38,39)34-26-10-6-7-11-29(26)42-2/h3-15,20-21,34H,16-19H2,1-2H3,(H,33,37). The number of carbonyl (C=O) groups is 1. The lowest BCUT2D eigenvalue weighted by molar-refractivity contribution is 0.102. The molecule has 0 bridgehead atoms. The van der Waals surface area contributed by atoms with Crippen molar-refractivity contribution in [2.24, 2.45) is 0 Å². The number of halogens is 1. The van der Waals surface area contributed by atoms with E-state index in [9.17, 15) is 21.6 Å². The van der Waals surface area contributed by atoms with Gasteiger partial charge in [0.2, 0.25) is 0 Å². The largest absolute Gasteiger partial charge is 0.495 e. The first-order chi connectivity index (χ1) is 21.5. The fourth-order valence-electron chi connectivity index (χ4n) is 4.76. The summed E-state index contributed by atoms with van der Waals surface area (Å²) >= 11 is 6.32. The Hall–Kier alpha value is -4.30. The minimum atomic E-state index is -4.14. The van der Waals surface area contributed by atoms with Gasteiger partial charge < -0.3 is 19.7 Å². The van der Waals surface area contributed by atoms with Crippen LogP contribution in [0.3, 0.4) is 0 Å². The van der Waals surface area contributed by atoms with Crippen molar-refractivity contribution in [1.29, 1.82) is 0 Å². The molecule has 1 saturated heterocycles. The Morgan fingerprint density at radius 2 is 1.58 bits per heavy atom. The summed E-state index contributed by atoms with van der Waals surface area (Å²) in [7, 11) is -5.42. The van der Waals surface area contributed by atoms with Gasteiger partial charge in [-0.05, 0) is 60.7 Å². The minimum Gasteiger partial charge on any atom is -0.495 e. The Labute approximate surface area is 267 Å². The number of para-hydroxylation sites is 3. The van der Waals surface area contributed by atoms with E-state index < -0.39 is 26.0 Å². The van der Waals surface area contributed by atoms with E-state index in [0.717, 1.165) is 4.31 Å². The van der Waals surface area contributed by atoms with E-state index in [0.29, 0.717) is 43.4 Å². The van der Waals surface area contributed by atoms with Crippen molar-refractivity contribution in [2.75, 3.05) is 59.7 Å². The Morgan fingerprint density at radius 3 is 2.29 bits per heavy atom. The smallest absolute Gasteiger partial charge is 0.265 e. The van der Waals surface area contributed by atoms with E-state index in [4.69, 9.17) is 21.1 Å². The number of methoxy groups -OCH3 is 1. The number of rotatable bonds is 10. The van der Waals surface area contributed by atoms with Crippen LogP contribution >= 0.6 is 11.6 Å². The summed E-state index contributed by atoms with van der Waals surface area (Å²) in [5.41, 5.74) is 1.46. The van der Waals surface area contributed by atoms with Gasteiger partial charge in [0.1, 0.15) is 10.6 Å². The maximum absolute atomic E-state index is 13.6. The molecule has 14 heteroatoms. The summed E-state index contributed by atoms with van der Waals surface area (Å²) in [6.45, 7) is 1.94. The number of benzene rings is 4. The van der Waals surface area contributed by atoms with E-state index in [1.807, 2.05) is 4.90 Å². The molecule has 1 aliphatic heterocycles. The number of nitrogens with zero attached hydrogens (tertiary/aromatic N) is 2. The first-order valence-electron chi connectivity index (χ1n) is 13.8. The number of anilines is 4. The van der Waals surface area contributed by atoms with Crippen molar-refractivity contribution in [3.63, 3.8) is 0 Å². The lowest BCUT2D eigenvalue weighted by Crippen LogP contribution is -2.36. The number of sulfonamides is 2. The molecule has 4 aromatic carbocycles. The second-order valence-corrected chi connectivity index (χ2v) is 14.0. The van der Waals surface area contributed by atoms with Gasteiger partial charge in [0, 0.05) is 25.7 Å². The average molecular weight is 671 g/mol. The van der Waals surface area contributed by atoms with Gasteiger partial charge in [-0.3, -0.25) is 13.8 Å². The van der Waals surface area contributed by atoms with E-state index in [1.54, 1.807) is 60.7 Å². The molecule has 0 atom stereocenters. The molecule has 0 radical (unpaired) electrons. The number of ether oxygens (including phenoxy) is 2. The van der Waals surface area contributed by atoms with Gasteiger partial charge in [0.15, 0.2) is 0 Å². The molecule has 4 aromatic rings. The van der Waals surface area contributed by atoms with E-state index >= 15 is 0 Å². The maximum atomic E-state index is 13.6. The summed E-state index contributed by atoms with van der Waals surface area (Å²) < 4.78 is 68.2. The molecule has 1 aliphatic rings. The molecular weight excluding hydrogens is 640 g/mol. The molecule has 1 amide bonds. The highest BCUT2D eigenvalue weighted by atomic mass is 35.5. The molecule has 236 valence electrons. The Morgan fingerprint density at radius 1 is 0.889 bits per heavy atom. The maximum Gasteiger partial charge on any atom is 0.265 e. The zero-order valence-corrected chi connectivity index (χ0v) is 26.8. The topological polar surface area (TPSA) is 134 Å². The normalized spacial score (nSPS) is 13.6. The van der Waals surface area contributed by atoms with Crippen LogP contribution in [-0.4, -0.2) is 63.2 Å². The van der Waals surface area contributed by atoms with Crippen LogP contribution in [-0.2, 0) is 24.8 Å². The van der Waals surface area contributed by atoms with Crippen LogP contribution < -0.4 is 24.0 Å². The molecule has 0 aliphatic carbocycles. The summed E-state index contributed by atoms with van der Waals surface area (Å²) in [5.74, 6) is -0.321. The molecule has 0 aromatic heterocycles. The minimum absolute atomic E-state index is 0.00720. The number of carbonyl (C=O) groups excluding carboxylic acids is 1. The lowest BCUT2D eigenvalue weighted by Gasteiger charge is -2.31. The molecular formula is C31H31ClN4O7S2. The third-order valence-electron chi connectivity index (χ3n) is 7.18. The molecule has 0 spiro atoms.